The molecule has 2 N–H and O–H groups in total. The van der Waals surface area contributed by atoms with Crippen LogP contribution in [0.25, 0.3) is 0 Å². The Morgan fingerprint density at radius 2 is 0.720 bits per heavy atom. The normalized spacial score (nSPS) is 26.9. The molecule has 12 aliphatic rings. The fourth-order valence-electron chi connectivity index (χ4n) is 20.8. The van der Waals surface area contributed by atoms with Crippen LogP contribution in [-0.4, -0.2) is 198 Å². The second kappa shape index (κ2) is 72.5. The number of carbonyl (C=O) groups is 2. The molecular formula is C114H223F4N3O11. The minimum absolute atomic E-state index is 0.00106. The van der Waals surface area contributed by atoms with Crippen LogP contribution in [-0.2, 0) is 42.7 Å². The molecule has 12 rings (SSSR count). The van der Waals surface area contributed by atoms with Crippen molar-refractivity contribution in [2.75, 3.05) is 126 Å². The van der Waals surface area contributed by atoms with Gasteiger partial charge >= 0.3 is 6.18 Å². The number of hydrogen-bond acceptors (Lipinski definition) is 12. The van der Waals surface area contributed by atoms with Crippen LogP contribution in [0.15, 0.2) is 0 Å². The molecule has 14 nitrogen and oxygen atoms in total. The lowest BCUT2D eigenvalue weighted by Crippen LogP contribution is -2.50. The monoisotopic (exact) mass is 1890 g/mol. The van der Waals surface area contributed by atoms with Crippen molar-refractivity contribution < 1.29 is 70.5 Å². The summed E-state index contributed by atoms with van der Waals surface area (Å²) in [6.07, 6.45) is 36.4. The molecule has 0 spiro atoms. The first-order valence-corrected chi connectivity index (χ1v) is 55.4. The van der Waals surface area contributed by atoms with Crippen LogP contribution in [0, 0.1) is 142 Å². The highest BCUT2D eigenvalue weighted by Gasteiger charge is 2.38. The first-order valence-electron chi connectivity index (χ1n) is 55.4. The van der Waals surface area contributed by atoms with Gasteiger partial charge in [0.05, 0.1) is 36.9 Å². The second-order valence-corrected chi connectivity index (χ2v) is 47.8. The highest BCUT2D eigenvalue weighted by molar-refractivity contribution is 5.77. The summed E-state index contributed by atoms with van der Waals surface area (Å²) in [5.41, 5.74) is -0.704. The number of aliphatic hydroxyl groups is 2. The van der Waals surface area contributed by atoms with Crippen molar-refractivity contribution >= 4 is 11.8 Å². The van der Waals surface area contributed by atoms with Crippen molar-refractivity contribution in [3.63, 3.8) is 0 Å². The number of methoxy groups -OCH3 is 1. The van der Waals surface area contributed by atoms with Crippen LogP contribution < -0.4 is 0 Å². The van der Waals surface area contributed by atoms with Gasteiger partial charge in [0.25, 0.3) is 0 Å². The number of carbonyl (C=O) groups excluding carboxylic acids is 2. The Morgan fingerprint density at radius 3 is 1.00 bits per heavy atom. The van der Waals surface area contributed by atoms with Gasteiger partial charge in [-0.1, -0.05) is 205 Å². The molecule has 0 aromatic rings. The van der Waals surface area contributed by atoms with Crippen LogP contribution >= 0.6 is 0 Å². The molecule has 9 saturated heterocycles. The molecule has 10 atom stereocenters. The molecule has 3 saturated carbocycles. The highest BCUT2D eigenvalue weighted by atomic mass is 19.4. The van der Waals surface area contributed by atoms with Gasteiger partial charge in [-0.25, -0.2) is 4.39 Å². The van der Waals surface area contributed by atoms with Gasteiger partial charge in [0.1, 0.15) is 13.1 Å². The topological polar surface area (TPSA) is 149 Å². The third-order valence-corrected chi connectivity index (χ3v) is 31.9. The van der Waals surface area contributed by atoms with E-state index in [2.05, 4.69) is 164 Å². The van der Waals surface area contributed by atoms with Crippen molar-refractivity contribution in [2.45, 2.75) is 455 Å². The highest BCUT2D eigenvalue weighted by Crippen LogP contribution is 2.40. The molecular weight excluding hydrogens is 1660 g/mol. The molecule has 132 heavy (non-hydrogen) atoms. The van der Waals surface area contributed by atoms with Crippen LogP contribution in [0.2, 0.25) is 0 Å². The number of aliphatic hydroxyl groups excluding tert-OH is 1. The van der Waals surface area contributed by atoms with E-state index in [4.69, 9.17) is 33.2 Å². The number of rotatable bonds is 19. The van der Waals surface area contributed by atoms with E-state index >= 15 is 0 Å². The van der Waals surface area contributed by atoms with E-state index < -0.39 is 24.1 Å². The number of amides is 2. The summed E-state index contributed by atoms with van der Waals surface area (Å²) in [4.78, 5) is 28.8. The SMILES string of the molecule is CC(C)C1CCC(C(C)(C)O)CC1.CC(C)C1CCN(C(C)(C)CF)CC1.CC(C)C1CCOCC1.CC(C)C1CCOCC1.CC(C)[C@@H]1CCCCO1.CC(C)[C@@H]1CCCN(C(=O)CC(F)(F)F)C1.CC(C)[C@@H]1CCCOC1.CC(C)[C@@H]1CCC[C@@H](O)C1.CC(C)[C@H]1CCCCO1.CC(C)[C@H]1CCCOC1.CC(C)[C@H]1CCC[C@@H](C)C1.COCCC(=O)N1CCC[C@@H](C(C)C)C1. The van der Waals surface area contributed by atoms with E-state index in [1.165, 1.54) is 178 Å². The van der Waals surface area contributed by atoms with Gasteiger partial charge in [-0.2, -0.15) is 13.2 Å². The third-order valence-electron chi connectivity index (χ3n) is 31.9. The molecule has 788 valence electrons. The zero-order chi connectivity index (χ0) is 99.7. The fraction of sp³-hybridized carbons (Fsp3) is 0.982. The summed E-state index contributed by atoms with van der Waals surface area (Å²) in [6, 6.07) is 0. The summed E-state index contributed by atoms with van der Waals surface area (Å²) in [6.45, 7) is 79.8. The molecule has 3 aliphatic carbocycles. The lowest BCUT2D eigenvalue weighted by atomic mass is 9.72. The maximum atomic E-state index is 12.8. The summed E-state index contributed by atoms with van der Waals surface area (Å²) in [7, 11) is 1.64. The maximum absolute atomic E-state index is 12.8. The van der Waals surface area contributed by atoms with E-state index in [0.717, 1.165) is 225 Å². The van der Waals surface area contributed by atoms with Gasteiger partial charge in [-0.05, 0) is 356 Å². The van der Waals surface area contributed by atoms with Crippen molar-refractivity contribution in [3.05, 3.63) is 0 Å². The maximum Gasteiger partial charge on any atom is 0.397 e. The quantitative estimate of drug-likeness (QED) is 0.119. The Morgan fingerprint density at radius 1 is 0.364 bits per heavy atom. The molecule has 9 heterocycles. The lowest BCUT2D eigenvalue weighted by Gasteiger charge is -2.42. The third kappa shape index (κ3) is 59.9. The average molecular weight is 1890 g/mol. The number of alkyl halides is 4. The number of likely N-dealkylation sites (tertiary alicyclic amines) is 3. The van der Waals surface area contributed by atoms with Gasteiger partial charge in [-0.15, -0.1) is 0 Å². The number of halogens is 4. The fourth-order valence-corrected chi connectivity index (χ4v) is 20.8. The van der Waals surface area contributed by atoms with E-state index in [-0.39, 0.29) is 24.2 Å². The Kier molecular flexibility index (Phi) is 70.4. The second-order valence-electron chi connectivity index (χ2n) is 47.8. The number of piperidine rings is 3. The molecule has 9 aliphatic heterocycles. The molecule has 0 bridgehead atoms. The number of nitrogens with zero attached hydrogens (tertiary/aromatic N) is 3. The molecule has 12 fully saturated rings. The molecule has 0 aromatic carbocycles. The zero-order valence-electron chi connectivity index (χ0n) is 92.3. The van der Waals surface area contributed by atoms with Crippen LogP contribution in [0.1, 0.15) is 419 Å². The van der Waals surface area contributed by atoms with Gasteiger partial charge in [-0.3, -0.25) is 14.5 Å². The predicted octanol–water partition coefficient (Wildman–Crippen LogP) is 29.4. The first-order chi connectivity index (χ1) is 62.0. The molecule has 2 amide bonds. The zero-order valence-corrected chi connectivity index (χ0v) is 92.3. The Labute approximate surface area is 815 Å². The number of hydrogen-bond donors (Lipinski definition) is 2. The minimum Gasteiger partial charge on any atom is -0.393 e. The lowest BCUT2D eigenvalue weighted by molar-refractivity contribution is -0.162. The molecule has 0 aromatic heterocycles. The minimum atomic E-state index is -4.39. The Hall–Kier alpha value is -1.74. The summed E-state index contributed by atoms with van der Waals surface area (Å²) in [5.74, 6) is 18.3. The standard InChI is InChI=1S/C12H24FN.C12H23NO2.C12H24O.C11H18F3NO.C10H20.C9H18O.6C8H16O/c1-10(2)11-5-7-14(8-6-11)12(3,4)9-13;1-10(2)11-5-4-7-13(9-11)12(14)6-8-15-3;1-9(2)10-5-7-11(8-6-10)12(3,4)13;1-8(2)9-4-3-5-15(7-9)10(16)6-11(12,13)14;1-8(2)10-6-4-5-9(3)7-10;1-7(2)8-4-3-5-9(10)6-8;2*1-7(2)8-3-5-9-6-4-8;2*1-7(2)8-4-3-5-9-6-8;2*1-7(2)8-5-3-4-6-9-8/h10-11H,5-9H2,1-4H3;10-11H,4-9H2,1-3H3;9-11,13H,5-8H2,1-4H3;8-9H,3-7H2,1-2H3;8-10H,4-7H2,1-3H3;7-10H,3-6H2,1-2H3;6*7-8H,3-6H2,1-2H3/t;11-;;9-;9-,10+;8-,9-;;;4*8-/m.1.111..1010/s1. The van der Waals surface area contributed by atoms with Crippen molar-refractivity contribution in [1.82, 2.24) is 14.7 Å². The predicted molar refractivity (Wildman–Crippen MR) is 550 cm³/mol. The largest absolute Gasteiger partial charge is 0.397 e. The molecule has 18 heteroatoms. The molecule has 0 radical (unpaired) electrons. The molecule has 0 unspecified atom stereocenters. The van der Waals surface area contributed by atoms with Crippen LogP contribution in [0.3, 0.4) is 0 Å². The van der Waals surface area contributed by atoms with E-state index in [0.29, 0.717) is 79.8 Å². The number of ether oxygens (including phenoxy) is 7. The summed E-state index contributed by atoms with van der Waals surface area (Å²) in [5, 5.41) is 19.2. The van der Waals surface area contributed by atoms with Crippen molar-refractivity contribution in [3.8, 4) is 0 Å². The van der Waals surface area contributed by atoms with Gasteiger partial charge < -0.3 is 53.2 Å². The summed E-state index contributed by atoms with van der Waals surface area (Å²) >= 11 is 0. The van der Waals surface area contributed by atoms with Gasteiger partial charge in [0, 0.05) is 105 Å². The smallest absolute Gasteiger partial charge is 0.393 e. The average Bonchev–Trinajstić information content (AvgIpc) is 0.833. The Balaban J connectivity index is 0.000000724. The van der Waals surface area contributed by atoms with Gasteiger partial charge in [0.15, 0.2) is 0 Å². The summed E-state index contributed by atoms with van der Waals surface area (Å²) < 4.78 is 86.2. The van der Waals surface area contributed by atoms with E-state index in [1.54, 1.807) is 7.11 Å². The first kappa shape index (κ1) is 128. The van der Waals surface area contributed by atoms with Gasteiger partial charge in [0.2, 0.25) is 11.8 Å². The van der Waals surface area contributed by atoms with E-state index in [9.17, 15) is 37.4 Å². The Bertz CT molecular complexity index is 2480. The van der Waals surface area contributed by atoms with Crippen LogP contribution in [0.4, 0.5) is 17.6 Å². The van der Waals surface area contributed by atoms with Crippen LogP contribution in [0.5, 0.6) is 0 Å². The van der Waals surface area contributed by atoms with E-state index in [1.807, 2.05) is 46.4 Å². The van der Waals surface area contributed by atoms with Crippen molar-refractivity contribution in [1.29, 1.82) is 0 Å². The van der Waals surface area contributed by atoms with Crippen molar-refractivity contribution in [2.24, 2.45) is 142 Å².